The molecule has 1 aliphatic heterocycles. The number of carbonyl (C=O) groups is 1. The van der Waals surface area contributed by atoms with Gasteiger partial charge < -0.3 is 10.2 Å². The van der Waals surface area contributed by atoms with Crippen molar-refractivity contribution in [3.8, 4) is 0 Å². The van der Waals surface area contributed by atoms with E-state index in [1.807, 2.05) is 11.9 Å². The molecule has 1 rings (SSSR count). The van der Waals surface area contributed by atoms with Gasteiger partial charge in [-0.25, -0.2) is 0 Å². The molecule has 0 aromatic heterocycles. The molecule has 0 bridgehead atoms. The van der Waals surface area contributed by atoms with E-state index in [4.69, 9.17) is 0 Å². The molecular weight excluding hydrogens is 178 g/mol. The SMILES string of the molecule is CN1CCC(NC(=O)C(C)(F)F)C1. The zero-order valence-electron chi connectivity index (χ0n) is 7.81. The van der Waals surface area contributed by atoms with Crippen LogP contribution in [0.5, 0.6) is 0 Å². The second-order valence-electron chi connectivity index (χ2n) is 3.61. The quantitative estimate of drug-likeness (QED) is 0.689. The van der Waals surface area contributed by atoms with Crippen LogP contribution in [0.3, 0.4) is 0 Å². The zero-order valence-corrected chi connectivity index (χ0v) is 7.81. The van der Waals surface area contributed by atoms with E-state index in [2.05, 4.69) is 5.32 Å². The molecule has 13 heavy (non-hydrogen) atoms. The molecule has 0 aromatic rings. The fraction of sp³-hybridized carbons (Fsp3) is 0.875. The van der Waals surface area contributed by atoms with Gasteiger partial charge in [0.2, 0.25) is 0 Å². The van der Waals surface area contributed by atoms with E-state index in [0.717, 1.165) is 13.0 Å². The number of likely N-dealkylation sites (tertiary alicyclic amines) is 1. The Morgan fingerprint density at radius 3 is 2.62 bits per heavy atom. The van der Waals surface area contributed by atoms with Crippen molar-refractivity contribution in [3.05, 3.63) is 0 Å². The molecule has 0 saturated carbocycles. The smallest absolute Gasteiger partial charge is 0.321 e. The summed E-state index contributed by atoms with van der Waals surface area (Å²) in [5.74, 6) is -4.44. The Labute approximate surface area is 76.1 Å². The molecule has 1 fully saturated rings. The number of hydrogen-bond acceptors (Lipinski definition) is 2. The Morgan fingerprint density at radius 2 is 2.23 bits per heavy atom. The highest BCUT2D eigenvalue weighted by Gasteiger charge is 2.34. The van der Waals surface area contributed by atoms with E-state index in [-0.39, 0.29) is 6.04 Å². The number of carbonyl (C=O) groups excluding carboxylic acids is 1. The largest absolute Gasteiger partial charge is 0.347 e. The fourth-order valence-corrected chi connectivity index (χ4v) is 1.36. The van der Waals surface area contributed by atoms with Crippen LogP contribution in [-0.2, 0) is 4.79 Å². The lowest BCUT2D eigenvalue weighted by molar-refractivity contribution is -0.143. The summed E-state index contributed by atoms with van der Waals surface area (Å²) in [6, 6.07) is -0.122. The average Bonchev–Trinajstić information content (AvgIpc) is 2.33. The molecule has 0 spiro atoms. The van der Waals surface area contributed by atoms with Gasteiger partial charge in [0, 0.05) is 19.5 Å². The summed E-state index contributed by atoms with van der Waals surface area (Å²) in [5, 5.41) is 2.32. The van der Waals surface area contributed by atoms with E-state index < -0.39 is 11.8 Å². The summed E-state index contributed by atoms with van der Waals surface area (Å²) in [4.78, 5) is 12.8. The van der Waals surface area contributed by atoms with Crippen LogP contribution in [0.4, 0.5) is 8.78 Å². The van der Waals surface area contributed by atoms with Crippen molar-refractivity contribution in [1.29, 1.82) is 0 Å². The topological polar surface area (TPSA) is 32.3 Å². The summed E-state index contributed by atoms with van der Waals surface area (Å²) in [7, 11) is 1.90. The second-order valence-corrected chi connectivity index (χ2v) is 3.61. The monoisotopic (exact) mass is 192 g/mol. The van der Waals surface area contributed by atoms with Crippen LogP contribution in [0.25, 0.3) is 0 Å². The second kappa shape index (κ2) is 3.57. The van der Waals surface area contributed by atoms with E-state index in [9.17, 15) is 13.6 Å². The van der Waals surface area contributed by atoms with Gasteiger partial charge in [-0.3, -0.25) is 4.79 Å². The average molecular weight is 192 g/mol. The van der Waals surface area contributed by atoms with Gasteiger partial charge in [-0.05, 0) is 20.0 Å². The van der Waals surface area contributed by atoms with Crippen molar-refractivity contribution in [3.63, 3.8) is 0 Å². The van der Waals surface area contributed by atoms with Crippen LogP contribution in [0.15, 0.2) is 0 Å². The maximum absolute atomic E-state index is 12.4. The number of nitrogens with zero attached hydrogens (tertiary/aromatic N) is 1. The summed E-state index contributed by atoms with van der Waals surface area (Å²) in [6.45, 7) is 2.11. The maximum atomic E-state index is 12.4. The number of alkyl halides is 2. The van der Waals surface area contributed by atoms with Crippen molar-refractivity contribution >= 4 is 5.91 Å². The molecule has 0 aliphatic carbocycles. The molecule has 1 atom stereocenters. The molecule has 1 amide bonds. The molecule has 0 aromatic carbocycles. The molecule has 1 N–H and O–H groups in total. The third-order valence-corrected chi connectivity index (χ3v) is 2.13. The number of likely N-dealkylation sites (N-methyl/N-ethyl adjacent to an activating group) is 1. The van der Waals surface area contributed by atoms with Crippen molar-refractivity contribution in [2.75, 3.05) is 20.1 Å². The lowest BCUT2D eigenvalue weighted by Gasteiger charge is -2.16. The van der Waals surface area contributed by atoms with Gasteiger partial charge in [0.25, 0.3) is 5.91 Å². The molecular formula is C8H14F2N2O. The van der Waals surface area contributed by atoms with Gasteiger partial charge in [-0.15, -0.1) is 0 Å². The number of halogens is 2. The Morgan fingerprint density at radius 1 is 1.62 bits per heavy atom. The summed E-state index contributed by atoms with van der Waals surface area (Å²) < 4.78 is 24.9. The Hall–Kier alpha value is -0.710. The third kappa shape index (κ3) is 2.91. The standard InChI is InChI=1S/C8H14F2N2O/c1-8(9,10)7(13)11-6-3-4-12(2)5-6/h6H,3-5H2,1-2H3,(H,11,13). The van der Waals surface area contributed by atoms with Crippen molar-refractivity contribution < 1.29 is 13.6 Å². The number of rotatable bonds is 2. The minimum absolute atomic E-state index is 0.122. The van der Waals surface area contributed by atoms with E-state index in [0.29, 0.717) is 13.5 Å². The summed E-state index contributed by atoms with van der Waals surface area (Å²) >= 11 is 0. The van der Waals surface area contributed by atoms with Crippen molar-refractivity contribution in [2.45, 2.75) is 25.3 Å². The van der Waals surface area contributed by atoms with E-state index >= 15 is 0 Å². The molecule has 0 radical (unpaired) electrons. The van der Waals surface area contributed by atoms with Gasteiger partial charge >= 0.3 is 5.92 Å². The first-order valence-electron chi connectivity index (χ1n) is 4.27. The Kier molecular flexibility index (Phi) is 2.85. The van der Waals surface area contributed by atoms with Crippen molar-refractivity contribution in [2.24, 2.45) is 0 Å². The maximum Gasteiger partial charge on any atom is 0.321 e. The van der Waals surface area contributed by atoms with Crippen LogP contribution in [0.1, 0.15) is 13.3 Å². The molecule has 76 valence electrons. The predicted octanol–water partition coefficient (Wildman–Crippen LogP) is 0.462. The molecule has 5 heteroatoms. The van der Waals surface area contributed by atoms with Gasteiger partial charge in [0.15, 0.2) is 0 Å². The van der Waals surface area contributed by atoms with Crippen molar-refractivity contribution in [1.82, 2.24) is 10.2 Å². The van der Waals surface area contributed by atoms with Crippen LogP contribution in [-0.4, -0.2) is 42.9 Å². The number of amides is 1. The first kappa shape index (κ1) is 10.4. The highest BCUT2D eigenvalue weighted by atomic mass is 19.3. The molecule has 3 nitrogen and oxygen atoms in total. The van der Waals surface area contributed by atoms with Crippen LogP contribution in [0, 0.1) is 0 Å². The van der Waals surface area contributed by atoms with Gasteiger partial charge in [-0.1, -0.05) is 0 Å². The zero-order chi connectivity index (χ0) is 10.1. The van der Waals surface area contributed by atoms with E-state index in [1.165, 1.54) is 0 Å². The van der Waals surface area contributed by atoms with Crippen LogP contribution < -0.4 is 5.32 Å². The van der Waals surface area contributed by atoms with Gasteiger partial charge in [-0.2, -0.15) is 8.78 Å². The predicted molar refractivity (Wildman–Crippen MR) is 44.7 cm³/mol. The van der Waals surface area contributed by atoms with Crippen LogP contribution in [0.2, 0.25) is 0 Å². The highest BCUT2D eigenvalue weighted by Crippen LogP contribution is 2.13. The minimum atomic E-state index is -3.26. The summed E-state index contributed by atoms with van der Waals surface area (Å²) in [6.07, 6.45) is 0.748. The fourth-order valence-electron chi connectivity index (χ4n) is 1.36. The Bertz CT molecular complexity index is 203. The summed E-state index contributed by atoms with van der Waals surface area (Å²) in [5.41, 5.74) is 0. The third-order valence-electron chi connectivity index (χ3n) is 2.13. The molecule has 1 unspecified atom stereocenters. The first-order valence-corrected chi connectivity index (χ1v) is 4.27. The molecule has 1 saturated heterocycles. The number of hydrogen-bond donors (Lipinski definition) is 1. The van der Waals surface area contributed by atoms with Crippen LogP contribution >= 0.6 is 0 Å². The molecule has 1 aliphatic rings. The molecule has 1 heterocycles. The van der Waals surface area contributed by atoms with Gasteiger partial charge in [0.1, 0.15) is 0 Å². The van der Waals surface area contributed by atoms with Gasteiger partial charge in [0.05, 0.1) is 0 Å². The Balaban J connectivity index is 2.37. The number of nitrogens with one attached hydrogen (secondary N) is 1. The lowest BCUT2D eigenvalue weighted by Crippen LogP contribution is -2.44. The van der Waals surface area contributed by atoms with E-state index in [1.54, 1.807) is 0 Å². The normalized spacial score (nSPS) is 24.8. The minimum Gasteiger partial charge on any atom is -0.347 e. The highest BCUT2D eigenvalue weighted by molar-refractivity contribution is 5.83. The lowest BCUT2D eigenvalue weighted by atomic mass is 10.2. The first-order chi connectivity index (χ1) is 5.89.